The molecule has 0 aromatic heterocycles. The Morgan fingerprint density at radius 2 is 1.95 bits per heavy atom. The summed E-state index contributed by atoms with van der Waals surface area (Å²) in [7, 11) is 1.66. The van der Waals surface area contributed by atoms with Gasteiger partial charge in [0.2, 0.25) is 0 Å². The number of hydrogen-bond acceptors (Lipinski definition) is 2. The van der Waals surface area contributed by atoms with Gasteiger partial charge in [-0.2, -0.15) is 0 Å². The Balaban J connectivity index is 2.31. The third kappa shape index (κ3) is 3.13. The molecule has 3 heteroatoms. The summed E-state index contributed by atoms with van der Waals surface area (Å²) in [5.41, 5.74) is 1.07. The number of aliphatic carboxylic acids is 1. The molecule has 0 atom stereocenters. The summed E-state index contributed by atoms with van der Waals surface area (Å²) >= 11 is 0. The summed E-state index contributed by atoms with van der Waals surface area (Å²) in [5.74, 6) is 0.0718. The normalized spacial score (nSPS) is 11.0. The topological polar surface area (TPSA) is 46.5 Å². The lowest BCUT2D eigenvalue weighted by Crippen LogP contribution is -1.91. The number of fused-ring (bicyclic) bond motifs is 1. The molecule has 0 aliphatic rings. The Bertz CT molecular complexity index is 614. The van der Waals surface area contributed by atoms with Crippen LogP contribution in [0.5, 0.6) is 5.75 Å². The van der Waals surface area contributed by atoms with Crippen LogP contribution in [-0.2, 0) is 4.79 Å². The van der Waals surface area contributed by atoms with E-state index in [4.69, 9.17) is 9.84 Å². The van der Waals surface area contributed by atoms with Gasteiger partial charge in [-0.05, 0) is 23.4 Å². The molecule has 3 nitrogen and oxygen atoms in total. The van der Waals surface area contributed by atoms with Gasteiger partial charge in [0, 0.05) is 11.8 Å². The van der Waals surface area contributed by atoms with Crippen molar-refractivity contribution in [1.82, 2.24) is 0 Å². The smallest absolute Gasteiger partial charge is 0.303 e. The zero-order valence-electron chi connectivity index (χ0n) is 10.8. The van der Waals surface area contributed by atoms with E-state index in [0.717, 1.165) is 22.1 Å². The zero-order chi connectivity index (χ0) is 13.7. The summed E-state index contributed by atoms with van der Waals surface area (Å²) in [5, 5.41) is 10.8. The number of carbonyl (C=O) groups is 1. The second-order valence-corrected chi connectivity index (χ2v) is 4.24. The van der Waals surface area contributed by atoms with E-state index in [1.165, 1.54) is 0 Å². The summed E-state index contributed by atoms with van der Waals surface area (Å²) in [6.07, 6.45) is 4.55. The van der Waals surface area contributed by atoms with Crippen molar-refractivity contribution in [1.29, 1.82) is 0 Å². The summed E-state index contributed by atoms with van der Waals surface area (Å²) < 4.78 is 5.34. The van der Waals surface area contributed by atoms with Crippen molar-refractivity contribution in [3.63, 3.8) is 0 Å². The lowest BCUT2D eigenvalue weighted by atomic mass is 10.0. The molecule has 2 aromatic rings. The van der Waals surface area contributed by atoms with Crippen molar-refractivity contribution in [2.75, 3.05) is 7.11 Å². The zero-order valence-corrected chi connectivity index (χ0v) is 10.8. The molecule has 98 valence electrons. The van der Waals surface area contributed by atoms with Gasteiger partial charge in [0.1, 0.15) is 5.75 Å². The van der Waals surface area contributed by atoms with E-state index in [1.54, 1.807) is 7.11 Å². The molecule has 0 bridgehead atoms. The predicted octanol–water partition coefficient (Wildman–Crippen LogP) is 3.73. The highest BCUT2D eigenvalue weighted by molar-refractivity contribution is 5.94. The van der Waals surface area contributed by atoms with Crippen LogP contribution in [0.3, 0.4) is 0 Å². The van der Waals surface area contributed by atoms with Gasteiger partial charge in [-0.3, -0.25) is 4.79 Å². The Morgan fingerprint density at radius 3 is 2.63 bits per heavy atom. The molecule has 0 spiro atoms. The van der Waals surface area contributed by atoms with E-state index in [2.05, 4.69) is 0 Å². The van der Waals surface area contributed by atoms with Gasteiger partial charge in [-0.1, -0.05) is 42.5 Å². The lowest BCUT2D eigenvalue weighted by molar-refractivity contribution is -0.136. The van der Waals surface area contributed by atoms with E-state index in [-0.39, 0.29) is 6.42 Å². The van der Waals surface area contributed by atoms with E-state index in [9.17, 15) is 4.79 Å². The van der Waals surface area contributed by atoms with Gasteiger partial charge < -0.3 is 9.84 Å². The van der Waals surface area contributed by atoms with Crippen LogP contribution in [0.1, 0.15) is 18.4 Å². The van der Waals surface area contributed by atoms with Crippen molar-refractivity contribution in [2.45, 2.75) is 12.8 Å². The molecule has 2 rings (SSSR count). The van der Waals surface area contributed by atoms with Crippen LogP contribution in [0.4, 0.5) is 0 Å². The molecular weight excluding hydrogens is 240 g/mol. The van der Waals surface area contributed by atoms with Crippen LogP contribution in [0.2, 0.25) is 0 Å². The van der Waals surface area contributed by atoms with E-state index in [1.807, 2.05) is 48.6 Å². The number of ether oxygens (including phenoxy) is 1. The van der Waals surface area contributed by atoms with E-state index in [0.29, 0.717) is 6.42 Å². The van der Waals surface area contributed by atoms with Crippen molar-refractivity contribution in [3.05, 3.63) is 48.0 Å². The third-order valence-electron chi connectivity index (χ3n) is 2.96. The minimum atomic E-state index is -0.774. The van der Waals surface area contributed by atoms with Crippen LogP contribution in [-0.4, -0.2) is 18.2 Å². The van der Waals surface area contributed by atoms with Crippen molar-refractivity contribution in [2.24, 2.45) is 0 Å². The van der Waals surface area contributed by atoms with Crippen LogP contribution >= 0.6 is 0 Å². The molecular formula is C16H16O3. The standard InChI is InChI=1S/C16H16O3/c1-19-15-11-10-12(6-2-5-9-16(17)18)13-7-3-4-8-14(13)15/h2-4,6-8,10-11H,5,9H2,1H3,(H,17,18). The number of hydrogen-bond donors (Lipinski definition) is 1. The van der Waals surface area contributed by atoms with Gasteiger partial charge in [-0.25, -0.2) is 0 Å². The molecule has 0 fully saturated rings. The van der Waals surface area contributed by atoms with Gasteiger partial charge >= 0.3 is 5.97 Å². The average molecular weight is 256 g/mol. The second-order valence-electron chi connectivity index (χ2n) is 4.24. The van der Waals surface area contributed by atoms with Gasteiger partial charge in [0.05, 0.1) is 7.11 Å². The Morgan fingerprint density at radius 1 is 1.21 bits per heavy atom. The van der Waals surface area contributed by atoms with Crippen molar-refractivity contribution >= 4 is 22.8 Å². The number of methoxy groups -OCH3 is 1. The molecule has 0 radical (unpaired) electrons. The number of carboxylic acids is 1. The van der Waals surface area contributed by atoms with Gasteiger partial charge in [-0.15, -0.1) is 0 Å². The molecule has 0 saturated heterocycles. The summed E-state index contributed by atoms with van der Waals surface area (Å²) in [6, 6.07) is 11.9. The molecule has 0 heterocycles. The maximum Gasteiger partial charge on any atom is 0.303 e. The van der Waals surface area contributed by atoms with Crippen LogP contribution in [0.25, 0.3) is 16.8 Å². The number of allylic oxidation sites excluding steroid dienone is 1. The highest BCUT2D eigenvalue weighted by atomic mass is 16.5. The fraction of sp³-hybridized carbons (Fsp3) is 0.188. The fourth-order valence-corrected chi connectivity index (χ4v) is 2.04. The largest absolute Gasteiger partial charge is 0.496 e. The lowest BCUT2D eigenvalue weighted by Gasteiger charge is -2.07. The molecule has 0 saturated carbocycles. The van der Waals surface area contributed by atoms with Crippen LogP contribution in [0, 0.1) is 0 Å². The Hall–Kier alpha value is -2.29. The molecule has 0 amide bonds. The number of benzene rings is 2. The SMILES string of the molecule is COc1ccc(C=CCCC(=O)O)c2ccccc12. The molecule has 2 aromatic carbocycles. The molecule has 0 unspecified atom stereocenters. The van der Waals surface area contributed by atoms with Gasteiger partial charge in [0.15, 0.2) is 0 Å². The van der Waals surface area contributed by atoms with Gasteiger partial charge in [0.25, 0.3) is 0 Å². The molecule has 0 aliphatic carbocycles. The second kappa shape index (κ2) is 6.05. The van der Waals surface area contributed by atoms with Crippen molar-refractivity contribution in [3.8, 4) is 5.75 Å². The average Bonchev–Trinajstić information content (AvgIpc) is 2.43. The Labute approximate surface area is 112 Å². The van der Waals surface area contributed by atoms with Crippen LogP contribution in [0.15, 0.2) is 42.5 Å². The highest BCUT2D eigenvalue weighted by Crippen LogP contribution is 2.29. The Kier molecular flexibility index (Phi) is 4.18. The first-order chi connectivity index (χ1) is 9.22. The van der Waals surface area contributed by atoms with Crippen molar-refractivity contribution < 1.29 is 14.6 Å². The quantitative estimate of drug-likeness (QED) is 0.886. The van der Waals surface area contributed by atoms with Crippen LogP contribution < -0.4 is 4.74 Å². The minimum Gasteiger partial charge on any atom is -0.496 e. The molecule has 19 heavy (non-hydrogen) atoms. The predicted molar refractivity (Wildman–Crippen MR) is 76.4 cm³/mol. The highest BCUT2D eigenvalue weighted by Gasteiger charge is 2.03. The maximum atomic E-state index is 10.5. The van der Waals surface area contributed by atoms with E-state index >= 15 is 0 Å². The molecule has 1 N–H and O–H groups in total. The molecule has 0 aliphatic heterocycles. The summed E-state index contributed by atoms with van der Waals surface area (Å²) in [4.78, 5) is 10.5. The van der Waals surface area contributed by atoms with E-state index < -0.39 is 5.97 Å². The fourth-order valence-electron chi connectivity index (χ4n) is 2.04. The maximum absolute atomic E-state index is 10.5. The monoisotopic (exact) mass is 256 g/mol. The summed E-state index contributed by atoms with van der Waals surface area (Å²) in [6.45, 7) is 0. The third-order valence-corrected chi connectivity index (χ3v) is 2.96. The first-order valence-electron chi connectivity index (χ1n) is 6.16. The number of rotatable bonds is 5. The first-order valence-corrected chi connectivity index (χ1v) is 6.16. The number of carboxylic acid groups (broad SMARTS) is 1. The minimum absolute atomic E-state index is 0.157. The first kappa shape index (κ1) is 13.1.